The van der Waals surface area contributed by atoms with E-state index in [9.17, 15) is 0 Å². The summed E-state index contributed by atoms with van der Waals surface area (Å²) >= 11 is 1.96. The Hall–Kier alpha value is 2.33. The van der Waals surface area contributed by atoms with Crippen molar-refractivity contribution >= 4 is 22.6 Å². The molecule has 0 aliphatic rings. The van der Waals surface area contributed by atoms with Crippen molar-refractivity contribution in [3.8, 4) is 0 Å². The summed E-state index contributed by atoms with van der Waals surface area (Å²) in [6, 6.07) is 0. The van der Waals surface area contributed by atoms with Crippen molar-refractivity contribution in [3.05, 3.63) is 5.73 Å². The van der Waals surface area contributed by atoms with Gasteiger partial charge in [0.15, 0.2) is 0 Å². The third kappa shape index (κ3) is 8.85. The molecule has 1 nitrogen and oxygen atoms in total. The Morgan fingerprint density at radius 1 is 1.75 bits per heavy atom. The Morgan fingerprint density at radius 2 is 1.75 bits per heavy atom. The van der Waals surface area contributed by atoms with Gasteiger partial charge in [0.05, 0.1) is 0 Å². The molecule has 1 N–H and O–H groups in total. The molecule has 0 aliphatic carbocycles. The third-order valence-electron chi connectivity index (χ3n) is 0. The van der Waals surface area contributed by atoms with Crippen LogP contribution in [0.2, 0.25) is 0 Å². The van der Waals surface area contributed by atoms with Gasteiger partial charge in [0.2, 0.25) is 0 Å². The maximum Gasteiger partial charge on any atom is 1.00 e. The zero-order chi connectivity index (χ0) is 2.71. The van der Waals surface area contributed by atoms with Crippen molar-refractivity contribution in [2.45, 2.75) is 0 Å². The van der Waals surface area contributed by atoms with E-state index in [-0.39, 0.29) is 51.4 Å². The van der Waals surface area contributed by atoms with Crippen LogP contribution in [0, 0.1) is 0 Å². The molecule has 20 valence electrons. The van der Waals surface area contributed by atoms with Crippen LogP contribution >= 0.6 is 22.6 Å². The number of halogens is 1. The zero-order valence-corrected chi connectivity index (χ0v) is 7.87. The normalized spacial score (nSPS) is 4.50. The van der Waals surface area contributed by atoms with E-state index in [2.05, 4.69) is 0 Å². The van der Waals surface area contributed by atoms with Crippen LogP contribution in [-0.4, -0.2) is 4.55 Å². The summed E-state index contributed by atoms with van der Waals surface area (Å²) in [5.74, 6) is 0. The predicted octanol–water partition coefficient (Wildman–Crippen LogP) is -1.56. The van der Waals surface area contributed by atoms with E-state index in [1.54, 1.807) is 0 Å². The Kier molecular flexibility index (Phi) is 21.6. The van der Waals surface area contributed by atoms with Crippen molar-refractivity contribution in [2.24, 2.45) is 0 Å². The van der Waals surface area contributed by atoms with Crippen LogP contribution in [0.1, 0.15) is 0 Å². The van der Waals surface area contributed by atoms with E-state index >= 15 is 0 Å². The summed E-state index contributed by atoms with van der Waals surface area (Å²) in [6.45, 7) is 0. The van der Waals surface area contributed by atoms with Gasteiger partial charge in [-0.05, 0) is 0 Å². The molecule has 0 unspecified atom stereocenters. The summed E-state index contributed by atoms with van der Waals surface area (Å²) in [5.41, 5.74) is 6.20. The van der Waals surface area contributed by atoms with Crippen molar-refractivity contribution in [1.82, 2.24) is 0 Å². The molecule has 0 spiro atoms. The van der Waals surface area contributed by atoms with Gasteiger partial charge in [-0.1, -0.05) is 4.55 Å². The minimum Gasteiger partial charge on any atom is -0.669 e. The molecule has 0 saturated carbocycles. The van der Waals surface area contributed by atoms with Crippen LogP contribution in [0.25, 0.3) is 5.73 Å². The van der Waals surface area contributed by atoms with Gasteiger partial charge in [-0.3, -0.25) is 0 Å². The molecule has 4 heavy (non-hydrogen) atoms. The average molecular weight is 195 g/mol. The molecule has 0 aromatic heterocycles. The van der Waals surface area contributed by atoms with Gasteiger partial charge in [0, 0.05) is 0 Å². The summed E-state index contributed by atoms with van der Waals surface area (Å²) < 4.78 is 0.470. The largest absolute Gasteiger partial charge is 1.00 e. The molecule has 0 atom stereocenters. The summed E-state index contributed by atoms with van der Waals surface area (Å²) in [4.78, 5) is 0. The van der Waals surface area contributed by atoms with E-state index in [4.69, 9.17) is 5.73 Å². The topological polar surface area (TPSA) is 23.8 Å². The van der Waals surface area contributed by atoms with Crippen molar-refractivity contribution in [1.29, 1.82) is 0 Å². The second-order valence-corrected chi connectivity index (χ2v) is 0.896. The molecule has 0 aliphatic heterocycles. The Labute approximate surface area is 82.3 Å². The first-order valence-corrected chi connectivity index (χ1v) is 2.15. The molecule has 0 aromatic carbocycles. The summed E-state index contributed by atoms with van der Waals surface area (Å²) in [6.07, 6.45) is 0. The smallest absolute Gasteiger partial charge is 0.669 e. The number of nitrogens with one attached hydrogen (secondary N) is 1. The number of hydrogen-bond donors (Lipinski definition) is 0. The van der Waals surface area contributed by atoms with Crippen LogP contribution in [0.5, 0.6) is 0 Å². The molecule has 0 radical (unpaired) electrons. The van der Waals surface area contributed by atoms with Crippen LogP contribution in [-0.2, 0) is 0 Å². The van der Waals surface area contributed by atoms with Crippen LogP contribution in [0.15, 0.2) is 0 Å². The van der Waals surface area contributed by atoms with Crippen LogP contribution in [0.4, 0.5) is 0 Å². The molecule has 0 rings (SSSR count). The maximum atomic E-state index is 6.20. The first kappa shape index (κ1) is 9.59. The Balaban J connectivity index is 0. The van der Waals surface area contributed by atoms with Crippen molar-refractivity contribution in [3.63, 3.8) is 0 Å². The monoisotopic (exact) mass is 195 g/mol. The van der Waals surface area contributed by atoms with Gasteiger partial charge in [-0.15, -0.1) is 22.6 Å². The first-order valence-electron chi connectivity index (χ1n) is 0.621. The van der Waals surface area contributed by atoms with Gasteiger partial charge >= 0.3 is 51.4 Å². The van der Waals surface area contributed by atoms with Gasteiger partial charge in [-0.25, -0.2) is 0 Å². The second kappa shape index (κ2) is 9.01. The minimum atomic E-state index is 0. The number of rotatable bonds is 0. The van der Waals surface area contributed by atoms with Gasteiger partial charge in [0.25, 0.3) is 0 Å². The molecular formula is CH3IKN. The average Bonchev–Trinajstić information content (AvgIpc) is 0.918. The van der Waals surface area contributed by atoms with Crippen molar-refractivity contribution in [2.75, 3.05) is 4.55 Å². The predicted molar refractivity (Wildman–Crippen MR) is 23.2 cm³/mol. The summed E-state index contributed by atoms with van der Waals surface area (Å²) in [7, 11) is 0. The number of alkyl halides is 1. The Morgan fingerprint density at radius 3 is 1.75 bits per heavy atom. The molecule has 0 saturated heterocycles. The molecule has 0 amide bonds. The van der Waals surface area contributed by atoms with Gasteiger partial charge in [0.1, 0.15) is 0 Å². The molecular weight excluding hydrogens is 192 g/mol. The van der Waals surface area contributed by atoms with E-state index < -0.39 is 0 Å². The molecule has 0 fully saturated rings. The van der Waals surface area contributed by atoms with E-state index in [0.29, 0.717) is 4.55 Å². The summed E-state index contributed by atoms with van der Waals surface area (Å²) in [5, 5.41) is 0. The quantitative estimate of drug-likeness (QED) is 0.193. The molecule has 0 heterocycles. The van der Waals surface area contributed by atoms with E-state index in [1.807, 2.05) is 22.6 Å². The van der Waals surface area contributed by atoms with Crippen molar-refractivity contribution < 1.29 is 51.4 Å². The third-order valence-corrected chi connectivity index (χ3v) is 0. The zero-order valence-electron chi connectivity index (χ0n) is 2.59. The van der Waals surface area contributed by atoms with Gasteiger partial charge in [-0.2, -0.15) is 0 Å². The number of hydrogen-bond acceptors (Lipinski definition) is 0. The molecule has 0 bridgehead atoms. The van der Waals surface area contributed by atoms with Crippen LogP contribution in [0.3, 0.4) is 0 Å². The van der Waals surface area contributed by atoms with E-state index in [0.717, 1.165) is 0 Å². The standard InChI is InChI=1S/CH3IN.K/c2-1-3;/h3H,1H2;/q-1;+1. The maximum absolute atomic E-state index is 6.20. The SMILES string of the molecule is [K+].[NH-]CI. The molecule has 3 heteroatoms. The molecule has 0 aromatic rings. The van der Waals surface area contributed by atoms with Crippen LogP contribution < -0.4 is 51.4 Å². The minimum absolute atomic E-state index is 0. The first-order chi connectivity index (χ1) is 1.41. The van der Waals surface area contributed by atoms with Gasteiger partial charge < -0.3 is 5.73 Å². The fourth-order valence-electron chi connectivity index (χ4n) is 0. The fourth-order valence-corrected chi connectivity index (χ4v) is 0. The Bertz CT molecular complexity index is 8.00. The van der Waals surface area contributed by atoms with E-state index in [1.165, 1.54) is 0 Å². The fraction of sp³-hybridized carbons (Fsp3) is 1.00. The second-order valence-electron chi connectivity index (χ2n) is 0.134.